The van der Waals surface area contributed by atoms with Crippen LogP contribution < -0.4 is 11.1 Å². The van der Waals surface area contributed by atoms with Crippen LogP contribution in [0.4, 0.5) is 10.7 Å². The minimum absolute atomic E-state index is 0.185. The fourth-order valence-electron chi connectivity index (χ4n) is 1.12. The minimum atomic E-state index is -0.527. The van der Waals surface area contributed by atoms with Crippen molar-refractivity contribution >= 4 is 28.0 Å². The normalized spacial score (nSPS) is 9.40. The fourth-order valence-corrected chi connectivity index (χ4v) is 2.09. The van der Waals surface area contributed by atoms with Crippen LogP contribution in [0, 0.1) is 11.3 Å². The molecule has 1 heterocycles. The molecule has 0 fully saturated rings. The summed E-state index contributed by atoms with van der Waals surface area (Å²) in [6.45, 7) is 2.54. The molecule has 1 rings (SSSR count). The summed E-state index contributed by atoms with van der Waals surface area (Å²) in [6.07, 6.45) is 0. The number of esters is 1. The molecular weight excluding hydrogens is 214 g/mol. The molecule has 1 aromatic rings. The molecule has 0 radical (unpaired) electrons. The van der Waals surface area contributed by atoms with E-state index in [1.54, 1.807) is 0 Å². The zero-order valence-electron chi connectivity index (χ0n) is 8.46. The van der Waals surface area contributed by atoms with Crippen molar-refractivity contribution in [3.05, 3.63) is 10.4 Å². The number of nitriles is 1. The standard InChI is InChI=1S/C9H11N3O2S/c1-3-12-8-6(9(13)14-2)7(11)5(4-10)15-8/h12H,3,11H2,1-2H3. The Morgan fingerprint density at radius 3 is 2.87 bits per heavy atom. The molecule has 0 saturated heterocycles. The number of hydrogen-bond donors (Lipinski definition) is 2. The van der Waals surface area contributed by atoms with Crippen molar-refractivity contribution in [3.63, 3.8) is 0 Å². The molecule has 0 saturated carbocycles. The summed E-state index contributed by atoms with van der Waals surface area (Å²) in [7, 11) is 1.28. The van der Waals surface area contributed by atoms with Crippen molar-refractivity contribution in [1.29, 1.82) is 5.26 Å². The third kappa shape index (κ3) is 2.02. The van der Waals surface area contributed by atoms with Crippen molar-refractivity contribution in [1.82, 2.24) is 0 Å². The molecule has 0 unspecified atom stereocenters. The summed E-state index contributed by atoms with van der Waals surface area (Å²) in [5.74, 6) is -0.527. The number of hydrogen-bond acceptors (Lipinski definition) is 6. The molecule has 0 aliphatic rings. The maximum Gasteiger partial charge on any atom is 0.343 e. The Morgan fingerprint density at radius 2 is 2.40 bits per heavy atom. The third-order valence-electron chi connectivity index (χ3n) is 1.77. The maximum absolute atomic E-state index is 11.4. The number of carbonyl (C=O) groups is 1. The highest BCUT2D eigenvalue weighted by Crippen LogP contribution is 2.35. The molecule has 0 spiro atoms. The second-order valence-electron chi connectivity index (χ2n) is 2.68. The van der Waals surface area contributed by atoms with Gasteiger partial charge < -0.3 is 15.8 Å². The number of ether oxygens (including phenoxy) is 1. The van der Waals surface area contributed by atoms with Crippen LogP contribution in [0.2, 0.25) is 0 Å². The molecule has 5 nitrogen and oxygen atoms in total. The Bertz CT molecular complexity index is 420. The average molecular weight is 225 g/mol. The van der Waals surface area contributed by atoms with E-state index >= 15 is 0 Å². The van der Waals surface area contributed by atoms with E-state index in [4.69, 9.17) is 11.0 Å². The van der Waals surface area contributed by atoms with Crippen molar-refractivity contribution < 1.29 is 9.53 Å². The molecule has 3 N–H and O–H groups in total. The Hall–Kier alpha value is -1.74. The van der Waals surface area contributed by atoms with Gasteiger partial charge in [-0.2, -0.15) is 5.26 Å². The quantitative estimate of drug-likeness (QED) is 0.759. The molecular formula is C9H11N3O2S. The molecule has 0 bridgehead atoms. The van der Waals surface area contributed by atoms with Gasteiger partial charge in [0, 0.05) is 6.54 Å². The van der Waals surface area contributed by atoms with Crippen LogP contribution in [0.1, 0.15) is 22.2 Å². The molecule has 0 atom stereocenters. The number of nitrogens with two attached hydrogens (primary N) is 1. The summed E-state index contributed by atoms with van der Waals surface area (Å²) in [6, 6.07) is 1.94. The second-order valence-corrected chi connectivity index (χ2v) is 3.70. The number of nitrogen functional groups attached to an aromatic ring is 1. The van der Waals surface area contributed by atoms with Gasteiger partial charge in [-0.1, -0.05) is 0 Å². The van der Waals surface area contributed by atoms with Gasteiger partial charge in [-0.3, -0.25) is 0 Å². The molecule has 0 amide bonds. The Balaban J connectivity index is 3.26. The van der Waals surface area contributed by atoms with Crippen LogP contribution in [-0.4, -0.2) is 19.6 Å². The van der Waals surface area contributed by atoms with Crippen LogP contribution in [0.5, 0.6) is 0 Å². The number of nitrogens with zero attached hydrogens (tertiary/aromatic N) is 1. The number of anilines is 2. The van der Waals surface area contributed by atoms with Crippen LogP contribution in [0.3, 0.4) is 0 Å². The van der Waals surface area contributed by atoms with Crippen LogP contribution in [-0.2, 0) is 4.74 Å². The predicted octanol–water partition coefficient (Wildman–Crippen LogP) is 1.42. The molecule has 0 aromatic carbocycles. The van der Waals surface area contributed by atoms with Gasteiger partial charge in [-0.25, -0.2) is 4.79 Å². The number of carbonyl (C=O) groups excluding carboxylic acids is 1. The van der Waals surface area contributed by atoms with Crippen molar-refractivity contribution in [2.45, 2.75) is 6.92 Å². The summed E-state index contributed by atoms with van der Waals surface area (Å²) in [5, 5.41) is 12.3. The van der Waals surface area contributed by atoms with Gasteiger partial charge in [-0.05, 0) is 6.92 Å². The van der Waals surface area contributed by atoms with Gasteiger partial charge in [0.05, 0.1) is 12.8 Å². The number of methoxy groups -OCH3 is 1. The lowest BCUT2D eigenvalue weighted by atomic mass is 10.2. The van der Waals surface area contributed by atoms with Gasteiger partial charge in [0.25, 0.3) is 0 Å². The van der Waals surface area contributed by atoms with E-state index in [0.29, 0.717) is 16.4 Å². The largest absolute Gasteiger partial charge is 0.465 e. The summed E-state index contributed by atoms with van der Waals surface area (Å²) in [4.78, 5) is 11.7. The monoisotopic (exact) mass is 225 g/mol. The Morgan fingerprint density at radius 1 is 1.73 bits per heavy atom. The zero-order chi connectivity index (χ0) is 11.4. The van der Waals surface area contributed by atoms with E-state index in [0.717, 1.165) is 11.3 Å². The van der Waals surface area contributed by atoms with E-state index in [9.17, 15) is 4.79 Å². The molecule has 6 heteroatoms. The smallest absolute Gasteiger partial charge is 0.343 e. The molecule has 15 heavy (non-hydrogen) atoms. The molecule has 1 aromatic heterocycles. The number of thiophene rings is 1. The topological polar surface area (TPSA) is 88.1 Å². The van der Waals surface area contributed by atoms with Crippen molar-refractivity contribution in [3.8, 4) is 6.07 Å². The highest BCUT2D eigenvalue weighted by atomic mass is 32.1. The summed E-state index contributed by atoms with van der Waals surface area (Å²) >= 11 is 1.16. The predicted molar refractivity (Wildman–Crippen MR) is 58.9 cm³/mol. The van der Waals surface area contributed by atoms with Gasteiger partial charge in [0.15, 0.2) is 0 Å². The lowest BCUT2D eigenvalue weighted by Gasteiger charge is -2.03. The lowest BCUT2D eigenvalue weighted by molar-refractivity contribution is 0.0603. The van der Waals surface area contributed by atoms with Gasteiger partial charge in [0.2, 0.25) is 0 Å². The van der Waals surface area contributed by atoms with E-state index in [-0.39, 0.29) is 11.3 Å². The van der Waals surface area contributed by atoms with Crippen LogP contribution >= 0.6 is 11.3 Å². The Kier molecular flexibility index (Phi) is 3.52. The van der Waals surface area contributed by atoms with Crippen molar-refractivity contribution in [2.24, 2.45) is 0 Å². The number of rotatable bonds is 3. The van der Waals surface area contributed by atoms with Gasteiger partial charge in [-0.15, -0.1) is 11.3 Å². The first-order valence-corrected chi connectivity index (χ1v) is 5.11. The summed E-state index contributed by atoms with van der Waals surface area (Å²) < 4.78 is 4.60. The lowest BCUT2D eigenvalue weighted by Crippen LogP contribution is -2.07. The zero-order valence-corrected chi connectivity index (χ0v) is 9.27. The van der Waals surface area contributed by atoms with Crippen molar-refractivity contribution in [2.75, 3.05) is 24.7 Å². The fraction of sp³-hybridized carbons (Fsp3) is 0.333. The van der Waals surface area contributed by atoms with Gasteiger partial charge in [0.1, 0.15) is 21.5 Å². The Labute approximate surface area is 91.5 Å². The maximum atomic E-state index is 11.4. The minimum Gasteiger partial charge on any atom is -0.465 e. The first-order valence-electron chi connectivity index (χ1n) is 4.30. The third-order valence-corrected chi connectivity index (χ3v) is 2.84. The highest BCUT2D eigenvalue weighted by Gasteiger charge is 2.22. The molecule has 0 aliphatic heterocycles. The first-order chi connectivity index (χ1) is 7.15. The van der Waals surface area contributed by atoms with E-state index in [1.807, 2.05) is 13.0 Å². The van der Waals surface area contributed by atoms with E-state index < -0.39 is 5.97 Å². The van der Waals surface area contributed by atoms with E-state index in [2.05, 4.69) is 10.1 Å². The molecule has 80 valence electrons. The average Bonchev–Trinajstić information content (AvgIpc) is 2.55. The van der Waals surface area contributed by atoms with Crippen LogP contribution in [0.25, 0.3) is 0 Å². The summed E-state index contributed by atoms with van der Waals surface area (Å²) in [5.41, 5.74) is 6.10. The highest BCUT2D eigenvalue weighted by molar-refractivity contribution is 7.17. The molecule has 0 aliphatic carbocycles. The van der Waals surface area contributed by atoms with Gasteiger partial charge >= 0.3 is 5.97 Å². The number of nitrogens with one attached hydrogen (secondary N) is 1. The second kappa shape index (κ2) is 4.66. The van der Waals surface area contributed by atoms with Crippen LogP contribution in [0.15, 0.2) is 0 Å². The van der Waals surface area contributed by atoms with E-state index in [1.165, 1.54) is 7.11 Å². The first kappa shape index (κ1) is 11.3. The SMILES string of the molecule is CCNc1sc(C#N)c(N)c1C(=O)OC.